The van der Waals surface area contributed by atoms with E-state index in [1.165, 1.54) is 48.5 Å². The average molecular weight is 403 g/mol. The van der Waals surface area contributed by atoms with Gasteiger partial charge < -0.3 is 10.4 Å². The molecular weight excluding hydrogens is 390 g/mol. The third kappa shape index (κ3) is 3.14. The van der Waals surface area contributed by atoms with Gasteiger partial charge in [0.2, 0.25) is 0 Å². The smallest absolute Gasteiger partial charge is 0.283 e. The average Bonchev–Trinajstić information content (AvgIpc) is 2.98. The Balaban J connectivity index is 1.67. The highest BCUT2D eigenvalue weighted by Crippen LogP contribution is 2.34. The summed E-state index contributed by atoms with van der Waals surface area (Å²) in [6.07, 6.45) is 0. The summed E-state index contributed by atoms with van der Waals surface area (Å²) in [7, 11) is 0. The van der Waals surface area contributed by atoms with E-state index in [1.54, 1.807) is 12.1 Å². The van der Waals surface area contributed by atoms with Crippen LogP contribution in [-0.2, 0) is 0 Å². The largest absolute Gasteiger partial charge is 0.508 e. The quantitative estimate of drug-likeness (QED) is 0.390. The highest BCUT2D eigenvalue weighted by atomic mass is 16.6. The van der Waals surface area contributed by atoms with Crippen LogP contribution >= 0.6 is 0 Å². The van der Waals surface area contributed by atoms with E-state index in [9.17, 15) is 29.6 Å². The topological polar surface area (TPSA) is 130 Å². The van der Waals surface area contributed by atoms with E-state index < -0.39 is 28.3 Å². The number of nitro benzene ring substituents is 1. The summed E-state index contributed by atoms with van der Waals surface area (Å²) in [5.41, 5.74) is -0.167. The van der Waals surface area contributed by atoms with E-state index in [-0.39, 0.29) is 28.1 Å². The third-order valence-electron chi connectivity index (χ3n) is 4.56. The molecule has 3 aromatic rings. The van der Waals surface area contributed by atoms with Crippen LogP contribution < -0.4 is 10.2 Å². The highest BCUT2D eigenvalue weighted by Gasteiger charge is 2.41. The first kappa shape index (κ1) is 18.8. The van der Waals surface area contributed by atoms with Gasteiger partial charge in [-0.3, -0.25) is 24.5 Å². The van der Waals surface area contributed by atoms with Crippen molar-refractivity contribution in [2.24, 2.45) is 0 Å². The lowest BCUT2D eigenvalue weighted by molar-refractivity contribution is -0.385. The van der Waals surface area contributed by atoms with E-state index in [0.717, 1.165) is 11.0 Å². The van der Waals surface area contributed by atoms with Crippen molar-refractivity contribution in [3.05, 3.63) is 93.5 Å². The molecule has 9 heteroatoms. The summed E-state index contributed by atoms with van der Waals surface area (Å²) in [5.74, 6) is -2.07. The number of nitro groups is 1. The molecule has 0 aromatic heterocycles. The standard InChI is InChI=1S/C21H13N3O6/c25-15-7-2-5-13(11-15)22-19(26)12-4-1-6-14(10-12)23-20(27)16-8-3-9-17(24(29)30)18(16)21(23)28/h1-11,25H,(H,22,26). The Morgan fingerprint density at radius 2 is 1.70 bits per heavy atom. The molecule has 0 bridgehead atoms. The Bertz CT molecular complexity index is 1240. The molecule has 0 saturated carbocycles. The zero-order valence-electron chi connectivity index (χ0n) is 15.2. The molecule has 0 unspecified atom stereocenters. The number of phenols is 1. The molecule has 0 atom stereocenters. The lowest BCUT2D eigenvalue weighted by atomic mass is 10.1. The zero-order valence-corrected chi connectivity index (χ0v) is 15.2. The van der Waals surface area contributed by atoms with Crippen LogP contribution in [-0.4, -0.2) is 27.8 Å². The number of carbonyl (C=O) groups excluding carboxylic acids is 3. The first-order valence-corrected chi connectivity index (χ1v) is 8.73. The minimum atomic E-state index is -0.826. The number of nitrogens with zero attached hydrogens (tertiary/aromatic N) is 2. The molecule has 9 nitrogen and oxygen atoms in total. The first-order chi connectivity index (χ1) is 14.4. The molecule has 0 fully saturated rings. The number of carbonyl (C=O) groups is 3. The van der Waals surface area contributed by atoms with Gasteiger partial charge in [-0.1, -0.05) is 18.2 Å². The second-order valence-corrected chi connectivity index (χ2v) is 6.46. The molecule has 1 aliphatic rings. The number of imide groups is 1. The monoisotopic (exact) mass is 403 g/mol. The molecule has 0 spiro atoms. The summed E-state index contributed by atoms with van der Waals surface area (Å²) in [4.78, 5) is 49.5. The van der Waals surface area contributed by atoms with Crippen molar-refractivity contribution >= 4 is 34.8 Å². The van der Waals surface area contributed by atoms with E-state index in [1.807, 2.05) is 0 Å². The number of aromatic hydroxyl groups is 1. The molecule has 1 aliphatic heterocycles. The lowest BCUT2D eigenvalue weighted by Gasteiger charge is -2.15. The van der Waals surface area contributed by atoms with Crippen LogP contribution in [0.4, 0.5) is 17.1 Å². The fourth-order valence-electron chi connectivity index (χ4n) is 3.23. The van der Waals surface area contributed by atoms with E-state index in [0.29, 0.717) is 5.69 Å². The zero-order chi connectivity index (χ0) is 21.4. The Hall–Kier alpha value is -4.53. The van der Waals surface area contributed by atoms with Gasteiger partial charge in [0.05, 0.1) is 16.2 Å². The number of hydrogen-bond acceptors (Lipinski definition) is 6. The fourth-order valence-corrected chi connectivity index (χ4v) is 3.23. The molecule has 30 heavy (non-hydrogen) atoms. The SMILES string of the molecule is O=C(Nc1cccc(O)c1)c1cccc(N2C(=O)c3cccc([N+](=O)[O-])c3C2=O)c1. The van der Waals surface area contributed by atoms with E-state index >= 15 is 0 Å². The van der Waals surface area contributed by atoms with Gasteiger partial charge in [0, 0.05) is 23.4 Å². The number of hydrogen-bond donors (Lipinski definition) is 2. The lowest BCUT2D eigenvalue weighted by Crippen LogP contribution is -2.29. The van der Waals surface area contributed by atoms with Gasteiger partial charge in [0.15, 0.2) is 0 Å². The Kier molecular flexibility index (Phi) is 4.47. The van der Waals surface area contributed by atoms with E-state index in [2.05, 4.69) is 5.32 Å². The summed E-state index contributed by atoms with van der Waals surface area (Å²) < 4.78 is 0. The molecule has 1 heterocycles. The Morgan fingerprint density at radius 3 is 2.43 bits per heavy atom. The number of phenolic OH excluding ortho intramolecular Hbond substituents is 1. The van der Waals surface area contributed by atoms with Crippen LogP contribution in [0, 0.1) is 10.1 Å². The summed E-state index contributed by atoms with van der Waals surface area (Å²) in [6, 6.07) is 15.6. The van der Waals surface area contributed by atoms with Crippen molar-refractivity contribution in [2.45, 2.75) is 0 Å². The Morgan fingerprint density at radius 1 is 0.967 bits per heavy atom. The maximum absolute atomic E-state index is 12.8. The normalized spacial score (nSPS) is 12.6. The molecular formula is C21H13N3O6. The van der Waals surface area contributed by atoms with Crippen molar-refractivity contribution in [3.8, 4) is 5.75 Å². The predicted molar refractivity (Wildman–Crippen MR) is 107 cm³/mol. The van der Waals surface area contributed by atoms with Crippen molar-refractivity contribution in [1.82, 2.24) is 0 Å². The molecule has 148 valence electrons. The minimum absolute atomic E-state index is 0.0193. The van der Waals surface area contributed by atoms with Gasteiger partial charge in [-0.25, -0.2) is 4.90 Å². The van der Waals surface area contributed by atoms with Crippen LogP contribution in [0.25, 0.3) is 0 Å². The molecule has 0 aliphatic carbocycles. The molecule has 0 radical (unpaired) electrons. The van der Waals surface area contributed by atoms with Gasteiger partial charge in [-0.05, 0) is 36.4 Å². The van der Waals surface area contributed by atoms with Crippen molar-refractivity contribution in [1.29, 1.82) is 0 Å². The van der Waals surface area contributed by atoms with Gasteiger partial charge in [-0.15, -0.1) is 0 Å². The number of benzene rings is 3. The van der Waals surface area contributed by atoms with Crippen LogP contribution in [0.5, 0.6) is 5.75 Å². The van der Waals surface area contributed by atoms with Crippen molar-refractivity contribution in [3.63, 3.8) is 0 Å². The van der Waals surface area contributed by atoms with Crippen LogP contribution in [0.15, 0.2) is 66.7 Å². The van der Waals surface area contributed by atoms with Crippen molar-refractivity contribution < 1.29 is 24.4 Å². The molecule has 3 aromatic carbocycles. The van der Waals surface area contributed by atoms with Gasteiger partial charge in [0.25, 0.3) is 23.4 Å². The summed E-state index contributed by atoms with van der Waals surface area (Å²) in [6.45, 7) is 0. The summed E-state index contributed by atoms with van der Waals surface area (Å²) >= 11 is 0. The number of nitrogens with one attached hydrogen (secondary N) is 1. The maximum atomic E-state index is 12.8. The molecule has 4 rings (SSSR count). The minimum Gasteiger partial charge on any atom is -0.508 e. The van der Waals surface area contributed by atoms with Gasteiger partial charge >= 0.3 is 0 Å². The predicted octanol–water partition coefficient (Wildman–Crippen LogP) is 3.35. The first-order valence-electron chi connectivity index (χ1n) is 8.73. The third-order valence-corrected chi connectivity index (χ3v) is 4.56. The number of fused-ring (bicyclic) bond motifs is 1. The van der Waals surface area contributed by atoms with Crippen LogP contribution in [0.1, 0.15) is 31.1 Å². The van der Waals surface area contributed by atoms with Gasteiger partial charge in [0.1, 0.15) is 11.3 Å². The maximum Gasteiger partial charge on any atom is 0.283 e. The fraction of sp³-hybridized carbons (Fsp3) is 0. The van der Waals surface area contributed by atoms with Crippen LogP contribution in [0.3, 0.4) is 0 Å². The second kappa shape index (κ2) is 7.13. The number of amides is 3. The second-order valence-electron chi connectivity index (χ2n) is 6.46. The molecule has 3 amide bonds. The summed E-state index contributed by atoms with van der Waals surface area (Å²) in [5, 5.41) is 23.4. The van der Waals surface area contributed by atoms with Crippen LogP contribution in [0.2, 0.25) is 0 Å². The van der Waals surface area contributed by atoms with Gasteiger partial charge in [-0.2, -0.15) is 0 Å². The van der Waals surface area contributed by atoms with E-state index in [4.69, 9.17) is 0 Å². The van der Waals surface area contributed by atoms with Crippen molar-refractivity contribution in [2.75, 3.05) is 10.2 Å². The Labute approximate surface area is 169 Å². The molecule has 2 N–H and O–H groups in total. The number of rotatable bonds is 4. The highest BCUT2D eigenvalue weighted by molar-refractivity contribution is 6.35. The number of anilines is 2. The molecule has 0 saturated heterocycles.